The van der Waals surface area contributed by atoms with Gasteiger partial charge >= 0.3 is 0 Å². The molecular formula is C15H13Br2FO3S. The van der Waals surface area contributed by atoms with Gasteiger partial charge in [-0.3, -0.25) is 0 Å². The fraction of sp³-hybridized carbons (Fsp3) is 0.200. The van der Waals surface area contributed by atoms with E-state index in [1.165, 1.54) is 12.1 Å². The topological polar surface area (TPSA) is 43.4 Å². The van der Waals surface area contributed by atoms with Crippen molar-refractivity contribution in [2.24, 2.45) is 0 Å². The Morgan fingerprint density at radius 1 is 1.05 bits per heavy atom. The van der Waals surface area contributed by atoms with Crippen LogP contribution in [0.15, 0.2) is 56.3 Å². The molecule has 2 aromatic carbocycles. The average molecular weight is 452 g/mol. The summed E-state index contributed by atoms with van der Waals surface area (Å²) in [5.41, 5.74) is 0. The molecule has 0 fully saturated rings. The molecule has 7 heteroatoms. The molecule has 0 spiro atoms. The second-order valence-corrected chi connectivity index (χ2v) is 8.43. The van der Waals surface area contributed by atoms with Gasteiger partial charge in [0.15, 0.2) is 9.84 Å². The number of rotatable bonds is 6. The van der Waals surface area contributed by atoms with Crippen molar-refractivity contribution in [3.8, 4) is 5.75 Å². The van der Waals surface area contributed by atoms with Crippen LogP contribution in [0.2, 0.25) is 0 Å². The summed E-state index contributed by atoms with van der Waals surface area (Å²) in [6, 6.07) is 10.3. The highest BCUT2D eigenvalue weighted by atomic mass is 79.9. The van der Waals surface area contributed by atoms with E-state index < -0.39 is 15.7 Å². The van der Waals surface area contributed by atoms with Gasteiger partial charge in [-0.1, -0.05) is 15.9 Å². The Hall–Kier alpha value is -0.920. The van der Waals surface area contributed by atoms with E-state index in [9.17, 15) is 12.8 Å². The van der Waals surface area contributed by atoms with Crippen LogP contribution in [0.4, 0.5) is 4.39 Å². The molecule has 0 aliphatic carbocycles. The Morgan fingerprint density at radius 3 is 2.36 bits per heavy atom. The van der Waals surface area contributed by atoms with E-state index in [1.807, 2.05) is 12.1 Å². The maximum Gasteiger partial charge on any atom is 0.178 e. The van der Waals surface area contributed by atoms with Gasteiger partial charge in [-0.2, -0.15) is 0 Å². The van der Waals surface area contributed by atoms with Crippen LogP contribution in [0.5, 0.6) is 5.75 Å². The normalized spacial score (nSPS) is 11.4. The molecule has 0 heterocycles. The number of halogens is 3. The minimum absolute atomic E-state index is 0.0488. The largest absolute Gasteiger partial charge is 0.492 e. The highest BCUT2D eigenvalue weighted by Gasteiger charge is 2.14. The van der Waals surface area contributed by atoms with Crippen molar-refractivity contribution in [2.75, 3.05) is 12.4 Å². The summed E-state index contributed by atoms with van der Waals surface area (Å²) in [4.78, 5) is 0.124. The quantitative estimate of drug-likeness (QED) is 0.476. The van der Waals surface area contributed by atoms with Crippen molar-refractivity contribution in [1.82, 2.24) is 0 Å². The van der Waals surface area contributed by atoms with Crippen LogP contribution < -0.4 is 4.74 Å². The molecule has 0 saturated heterocycles. The molecule has 2 rings (SSSR count). The van der Waals surface area contributed by atoms with Gasteiger partial charge in [0.1, 0.15) is 11.6 Å². The lowest BCUT2D eigenvalue weighted by molar-refractivity contribution is 0.315. The number of hydrogen-bond acceptors (Lipinski definition) is 3. The molecule has 0 unspecified atom stereocenters. The monoisotopic (exact) mass is 450 g/mol. The number of benzene rings is 2. The van der Waals surface area contributed by atoms with E-state index in [2.05, 4.69) is 31.9 Å². The predicted molar refractivity (Wildman–Crippen MR) is 90.4 cm³/mol. The van der Waals surface area contributed by atoms with Gasteiger partial charge in [-0.25, -0.2) is 12.8 Å². The molecule has 0 aliphatic heterocycles. The lowest BCUT2D eigenvalue weighted by atomic mass is 10.3. The third-order valence-electron chi connectivity index (χ3n) is 2.88. The van der Waals surface area contributed by atoms with Gasteiger partial charge in [0.2, 0.25) is 0 Å². The molecule has 0 saturated carbocycles. The zero-order chi connectivity index (χ0) is 16.2. The predicted octanol–water partition coefficient (Wildman–Crippen LogP) is 4.59. The summed E-state index contributed by atoms with van der Waals surface area (Å²) < 4.78 is 44.2. The van der Waals surface area contributed by atoms with Gasteiger partial charge < -0.3 is 4.74 Å². The standard InChI is InChI=1S/C15H13Br2FO3S/c16-11-2-7-15(14(17)10-11)21-8-1-9-22(19,20)13-5-3-12(18)4-6-13/h2-7,10H,1,8-9H2. The molecule has 0 amide bonds. The van der Waals surface area contributed by atoms with Gasteiger partial charge in [-0.05, 0) is 64.8 Å². The highest BCUT2D eigenvalue weighted by molar-refractivity contribution is 9.11. The third kappa shape index (κ3) is 4.79. The lowest BCUT2D eigenvalue weighted by Crippen LogP contribution is -2.10. The molecule has 0 atom stereocenters. The van der Waals surface area contributed by atoms with Gasteiger partial charge in [0.25, 0.3) is 0 Å². The van der Waals surface area contributed by atoms with Crippen molar-refractivity contribution in [3.63, 3.8) is 0 Å². The molecule has 0 bridgehead atoms. The van der Waals surface area contributed by atoms with Crippen LogP contribution >= 0.6 is 31.9 Å². The molecule has 0 radical (unpaired) electrons. The zero-order valence-corrected chi connectivity index (χ0v) is 15.4. The Kier molecular flexibility index (Phi) is 6.00. The van der Waals surface area contributed by atoms with E-state index in [-0.39, 0.29) is 17.3 Å². The summed E-state index contributed by atoms with van der Waals surface area (Å²) in [6.45, 7) is 0.278. The Bertz CT molecular complexity index is 746. The summed E-state index contributed by atoms with van der Waals surface area (Å²) in [5.74, 6) is 0.150. The fourth-order valence-electron chi connectivity index (χ4n) is 1.78. The second kappa shape index (κ2) is 7.57. The molecule has 22 heavy (non-hydrogen) atoms. The summed E-state index contributed by atoms with van der Waals surface area (Å²) in [7, 11) is -3.41. The summed E-state index contributed by atoms with van der Waals surface area (Å²) >= 11 is 6.72. The van der Waals surface area contributed by atoms with Crippen LogP contribution in [0, 0.1) is 5.82 Å². The number of hydrogen-bond donors (Lipinski definition) is 0. The molecule has 0 aromatic heterocycles. The van der Waals surface area contributed by atoms with E-state index >= 15 is 0 Å². The minimum atomic E-state index is -3.41. The molecule has 0 aliphatic rings. The smallest absolute Gasteiger partial charge is 0.178 e. The molecular weight excluding hydrogens is 439 g/mol. The van der Waals surface area contributed by atoms with Crippen LogP contribution in [-0.4, -0.2) is 20.8 Å². The first-order chi connectivity index (χ1) is 10.4. The first kappa shape index (κ1) is 17.4. The van der Waals surface area contributed by atoms with Crippen LogP contribution in [0.25, 0.3) is 0 Å². The maximum absolute atomic E-state index is 12.8. The third-order valence-corrected chi connectivity index (χ3v) is 5.81. The van der Waals surface area contributed by atoms with E-state index in [1.54, 1.807) is 6.07 Å². The van der Waals surface area contributed by atoms with Crippen LogP contribution in [-0.2, 0) is 9.84 Å². The van der Waals surface area contributed by atoms with E-state index in [0.29, 0.717) is 12.2 Å². The van der Waals surface area contributed by atoms with E-state index in [0.717, 1.165) is 21.1 Å². The minimum Gasteiger partial charge on any atom is -0.492 e. The van der Waals surface area contributed by atoms with Gasteiger partial charge in [0.05, 0.1) is 21.7 Å². The fourth-order valence-corrected chi connectivity index (χ4v) is 4.23. The maximum atomic E-state index is 12.8. The van der Waals surface area contributed by atoms with Crippen LogP contribution in [0.1, 0.15) is 6.42 Å². The number of sulfone groups is 1. The zero-order valence-electron chi connectivity index (χ0n) is 11.4. The average Bonchev–Trinajstić information content (AvgIpc) is 2.46. The van der Waals surface area contributed by atoms with Gasteiger partial charge in [-0.15, -0.1) is 0 Å². The molecule has 3 nitrogen and oxygen atoms in total. The first-order valence-corrected chi connectivity index (χ1v) is 9.68. The van der Waals surface area contributed by atoms with Gasteiger partial charge in [0, 0.05) is 4.47 Å². The Balaban J connectivity index is 1.89. The van der Waals surface area contributed by atoms with Crippen molar-refractivity contribution in [2.45, 2.75) is 11.3 Å². The van der Waals surface area contributed by atoms with Crippen LogP contribution in [0.3, 0.4) is 0 Å². The van der Waals surface area contributed by atoms with Crippen molar-refractivity contribution in [1.29, 1.82) is 0 Å². The highest BCUT2D eigenvalue weighted by Crippen LogP contribution is 2.28. The second-order valence-electron chi connectivity index (χ2n) is 4.55. The van der Waals surface area contributed by atoms with Crippen molar-refractivity contribution >= 4 is 41.7 Å². The summed E-state index contributed by atoms with van der Waals surface area (Å²) in [5, 5.41) is 0. The first-order valence-electron chi connectivity index (χ1n) is 6.45. The molecule has 0 N–H and O–H groups in total. The SMILES string of the molecule is O=S(=O)(CCCOc1ccc(Br)cc1Br)c1ccc(F)cc1. The van der Waals surface area contributed by atoms with Crippen molar-refractivity contribution in [3.05, 3.63) is 57.2 Å². The Labute approximate surface area is 145 Å². The molecule has 2 aromatic rings. The molecule has 118 valence electrons. The summed E-state index contributed by atoms with van der Waals surface area (Å²) in [6.07, 6.45) is 0.349. The van der Waals surface area contributed by atoms with E-state index in [4.69, 9.17) is 4.74 Å². The Morgan fingerprint density at radius 2 is 1.73 bits per heavy atom. The number of ether oxygens (including phenoxy) is 1. The lowest BCUT2D eigenvalue weighted by Gasteiger charge is -2.09. The van der Waals surface area contributed by atoms with Crippen molar-refractivity contribution < 1.29 is 17.5 Å².